The Labute approximate surface area is 84.1 Å². The van der Waals surface area contributed by atoms with Crippen LogP contribution in [0.3, 0.4) is 0 Å². The smallest absolute Gasteiger partial charge is 0.0991 e. The Kier molecular flexibility index (Phi) is 4.83. The fourth-order valence-electron chi connectivity index (χ4n) is 0.952. The van der Waals surface area contributed by atoms with E-state index < -0.39 is 0 Å². The highest BCUT2D eigenvalue weighted by molar-refractivity contribution is 5.85. The standard InChI is InChI=1S/C10H10N2.ClH/c1-2-10(12)9-5-3-4-8(6-9)7-11;/h2-6,10H,1,12H2;1H/t10-;/m1./s1. The molecule has 13 heavy (non-hydrogen) atoms. The highest BCUT2D eigenvalue weighted by atomic mass is 35.5. The second kappa shape index (κ2) is 5.36. The number of halogens is 1. The third-order valence-electron chi connectivity index (χ3n) is 1.65. The Bertz CT molecular complexity index is 328. The van der Waals surface area contributed by atoms with Crippen molar-refractivity contribution in [3.05, 3.63) is 48.0 Å². The van der Waals surface area contributed by atoms with E-state index in [1.807, 2.05) is 12.1 Å². The zero-order chi connectivity index (χ0) is 8.97. The first-order valence-corrected chi connectivity index (χ1v) is 3.66. The van der Waals surface area contributed by atoms with Crippen molar-refractivity contribution in [1.29, 1.82) is 5.26 Å². The van der Waals surface area contributed by atoms with Gasteiger partial charge in [-0.25, -0.2) is 0 Å². The molecule has 1 atom stereocenters. The maximum Gasteiger partial charge on any atom is 0.0991 e. The molecule has 0 aliphatic rings. The number of hydrogen-bond acceptors (Lipinski definition) is 2. The van der Waals surface area contributed by atoms with E-state index >= 15 is 0 Å². The van der Waals surface area contributed by atoms with Gasteiger partial charge >= 0.3 is 0 Å². The molecule has 0 heterocycles. The third kappa shape index (κ3) is 2.90. The monoisotopic (exact) mass is 194 g/mol. The Morgan fingerprint density at radius 3 is 2.77 bits per heavy atom. The highest BCUT2D eigenvalue weighted by Crippen LogP contribution is 2.12. The van der Waals surface area contributed by atoms with E-state index in [9.17, 15) is 0 Å². The lowest BCUT2D eigenvalue weighted by atomic mass is 10.1. The molecule has 0 saturated carbocycles. The average molecular weight is 195 g/mol. The number of nitriles is 1. The predicted molar refractivity (Wildman–Crippen MR) is 55.5 cm³/mol. The second-order valence-corrected chi connectivity index (χ2v) is 2.50. The van der Waals surface area contributed by atoms with Crippen LogP contribution in [-0.4, -0.2) is 0 Å². The van der Waals surface area contributed by atoms with E-state index in [-0.39, 0.29) is 18.4 Å². The maximum absolute atomic E-state index is 8.60. The van der Waals surface area contributed by atoms with Crippen LogP contribution in [0, 0.1) is 11.3 Å². The molecule has 0 aliphatic heterocycles. The molecule has 2 nitrogen and oxygen atoms in total. The largest absolute Gasteiger partial charge is 0.321 e. The zero-order valence-electron chi connectivity index (χ0n) is 7.10. The van der Waals surface area contributed by atoms with Crippen LogP contribution in [0.25, 0.3) is 0 Å². The van der Waals surface area contributed by atoms with E-state index in [0.717, 1.165) is 5.56 Å². The van der Waals surface area contributed by atoms with E-state index in [2.05, 4.69) is 12.6 Å². The second-order valence-electron chi connectivity index (χ2n) is 2.50. The van der Waals surface area contributed by atoms with Crippen LogP contribution in [0.4, 0.5) is 0 Å². The summed E-state index contributed by atoms with van der Waals surface area (Å²) in [5, 5.41) is 8.60. The Morgan fingerprint density at radius 2 is 2.23 bits per heavy atom. The van der Waals surface area contributed by atoms with E-state index in [0.29, 0.717) is 5.56 Å². The van der Waals surface area contributed by atoms with Crippen molar-refractivity contribution in [2.75, 3.05) is 0 Å². The van der Waals surface area contributed by atoms with Crippen LogP contribution in [0.5, 0.6) is 0 Å². The Morgan fingerprint density at radius 1 is 1.54 bits per heavy atom. The highest BCUT2D eigenvalue weighted by Gasteiger charge is 2.00. The summed E-state index contributed by atoms with van der Waals surface area (Å²) in [6.07, 6.45) is 1.65. The van der Waals surface area contributed by atoms with Gasteiger partial charge in [-0.2, -0.15) is 5.26 Å². The van der Waals surface area contributed by atoms with Crippen LogP contribution in [-0.2, 0) is 0 Å². The summed E-state index contributed by atoms with van der Waals surface area (Å²) < 4.78 is 0. The van der Waals surface area contributed by atoms with E-state index in [1.54, 1.807) is 18.2 Å². The molecule has 1 aromatic rings. The first-order valence-electron chi connectivity index (χ1n) is 3.66. The van der Waals surface area contributed by atoms with Crippen molar-refractivity contribution in [3.8, 4) is 6.07 Å². The first-order chi connectivity index (χ1) is 5.77. The number of benzene rings is 1. The van der Waals surface area contributed by atoms with Crippen LogP contribution in [0.15, 0.2) is 36.9 Å². The predicted octanol–water partition coefficient (Wildman–Crippen LogP) is 2.17. The minimum Gasteiger partial charge on any atom is -0.321 e. The summed E-state index contributed by atoms with van der Waals surface area (Å²) in [4.78, 5) is 0. The average Bonchev–Trinajstić information content (AvgIpc) is 2.17. The molecule has 0 radical (unpaired) electrons. The summed E-state index contributed by atoms with van der Waals surface area (Å²) in [5.74, 6) is 0. The number of rotatable bonds is 2. The molecular formula is C10H11ClN2. The van der Waals surface area contributed by atoms with Crippen LogP contribution < -0.4 is 5.73 Å². The van der Waals surface area contributed by atoms with Crippen molar-refractivity contribution in [2.45, 2.75) is 6.04 Å². The fraction of sp³-hybridized carbons (Fsp3) is 0.100. The molecule has 2 N–H and O–H groups in total. The molecule has 68 valence electrons. The van der Waals surface area contributed by atoms with Crippen LogP contribution in [0.1, 0.15) is 17.2 Å². The van der Waals surface area contributed by atoms with E-state index in [4.69, 9.17) is 11.0 Å². The van der Waals surface area contributed by atoms with Gasteiger partial charge in [0.05, 0.1) is 11.6 Å². The van der Waals surface area contributed by atoms with Crippen molar-refractivity contribution in [3.63, 3.8) is 0 Å². The van der Waals surface area contributed by atoms with E-state index in [1.165, 1.54) is 0 Å². The minimum absolute atomic E-state index is 0. The minimum atomic E-state index is -0.182. The number of nitrogens with two attached hydrogens (primary N) is 1. The SMILES string of the molecule is C=C[C@@H](N)c1cccc(C#N)c1.Cl. The summed E-state index contributed by atoms with van der Waals surface area (Å²) in [6.45, 7) is 3.58. The third-order valence-corrected chi connectivity index (χ3v) is 1.65. The summed E-state index contributed by atoms with van der Waals surface area (Å²) in [6, 6.07) is 9.09. The molecule has 0 aliphatic carbocycles. The molecule has 0 bridgehead atoms. The molecule has 0 spiro atoms. The van der Waals surface area contributed by atoms with Gasteiger partial charge in [-0.15, -0.1) is 19.0 Å². The first kappa shape index (κ1) is 11.7. The zero-order valence-corrected chi connectivity index (χ0v) is 7.92. The number of hydrogen-bond donors (Lipinski definition) is 1. The topological polar surface area (TPSA) is 49.8 Å². The van der Waals surface area contributed by atoms with Gasteiger partial charge < -0.3 is 5.73 Å². The van der Waals surface area contributed by atoms with Gasteiger partial charge in [-0.05, 0) is 17.7 Å². The van der Waals surface area contributed by atoms with Crippen LogP contribution in [0.2, 0.25) is 0 Å². The molecule has 0 aromatic heterocycles. The molecule has 0 amide bonds. The normalized spacial score (nSPS) is 10.8. The summed E-state index contributed by atoms with van der Waals surface area (Å²) >= 11 is 0. The van der Waals surface area contributed by atoms with Gasteiger partial charge in [0.2, 0.25) is 0 Å². The molecule has 0 saturated heterocycles. The van der Waals surface area contributed by atoms with Gasteiger partial charge in [0.15, 0.2) is 0 Å². The molecule has 1 rings (SSSR count). The fourth-order valence-corrected chi connectivity index (χ4v) is 0.952. The lowest BCUT2D eigenvalue weighted by Gasteiger charge is -2.05. The summed E-state index contributed by atoms with van der Waals surface area (Å²) in [5.41, 5.74) is 7.24. The van der Waals surface area contributed by atoms with Crippen molar-refractivity contribution >= 4 is 12.4 Å². The Hall–Kier alpha value is -1.30. The Balaban J connectivity index is 0.00000144. The molecule has 3 heteroatoms. The quantitative estimate of drug-likeness (QED) is 0.734. The lowest BCUT2D eigenvalue weighted by Crippen LogP contribution is -2.06. The van der Waals surface area contributed by atoms with Crippen molar-refractivity contribution in [2.24, 2.45) is 5.73 Å². The van der Waals surface area contributed by atoms with Gasteiger partial charge in [0.1, 0.15) is 0 Å². The molecule has 1 aromatic carbocycles. The number of nitrogens with zero attached hydrogens (tertiary/aromatic N) is 1. The van der Waals surface area contributed by atoms with Crippen molar-refractivity contribution < 1.29 is 0 Å². The molecular weight excluding hydrogens is 184 g/mol. The van der Waals surface area contributed by atoms with Gasteiger partial charge in [0.25, 0.3) is 0 Å². The van der Waals surface area contributed by atoms with Gasteiger partial charge in [-0.3, -0.25) is 0 Å². The van der Waals surface area contributed by atoms with Crippen LogP contribution >= 0.6 is 12.4 Å². The molecule has 0 unspecified atom stereocenters. The van der Waals surface area contributed by atoms with Gasteiger partial charge in [0, 0.05) is 6.04 Å². The maximum atomic E-state index is 8.60. The van der Waals surface area contributed by atoms with Crippen molar-refractivity contribution in [1.82, 2.24) is 0 Å². The molecule has 0 fully saturated rings. The lowest BCUT2D eigenvalue weighted by molar-refractivity contribution is 0.914. The summed E-state index contributed by atoms with van der Waals surface area (Å²) in [7, 11) is 0. The van der Waals surface area contributed by atoms with Gasteiger partial charge in [-0.1, -0.05) is 18.2 Å².